The summed E-state index contributed by atoms with van der Waals surface area (Å²) in [4.78, 5) is 29.6. The van der Waals surface area contributed by atoms with E-state index in [0.717, 1.165) is 11.3 Å². The Morgan fingerprint density at radius 1 is 1.15 bits per heavy atom. The van der Waals surface area contributed by atoms with Crippen LogP contribution in [0.4, 0.5) is 5.69 Å². The molecule has 0 aromatic heterocycles. The van der Waals surface area contributed by atoms with Crippen LogP contribution < -0.4 is 10.6 Å². The first-order valence-corrected chi connectivity index (χ1v) is 9.52. The molecule has 1 fully saturated rings. The zero-order valence-electron chi connectivity index (χ0n) is 15.9. The Kier molecular flexibility index (Phi) is 5.91. The summed E-state index contributed by atoms with van der Waals surface area (Å²) < 4.78 is 0. The second kappa shape index (κ2) is 8.35. The molecule has 1 aliphatic rings. The lowest BCUT2D eigenvalue weighted by Crippen LogP contribution is -2.48. The van der Waals surface area contributed by atoms with Gasteiger partial charge in [0, 0.05) is 24.8 Å². The molecule has 3 rings (SSSR count). The number of para-hydroxylation sites is 1. The number of likely N-dealkylation sites (N-methyl/N-ethyl adjacent to an activating group) is 1. The lowest BCUT2D eigenvalue weighted by molar-refractivity contribution is -0.141. The Bertz CT molecular complexity index is 779. The van der Waals surface area contributed by atoms with Gasteiger partial charge in [-0.25, -0.2) is 0 Å². The highest BCUT2D eigenvalue weighted by Gasteiger charge is 2.40. The van der Waals surface area contributed by atoms with Gasteiger partial charge in [0.25, 0.3) is 0 Å². The third-order valence-electron chi connectivity index (χ3n) is 5.36. The monoisotopic (exact) mass is 365 g/mol. The van der Waals surface area contributed by atoms with Gasteiger partial charge in [0.2, 0.25) is 11.8 Å². The van der Waals surface area contributed by atoms with E-state index in [1.807, 2.05) is 74.5 Å². The molecule has 2 N–H and O–H groups in total. The standard InChI is InChI=1S/C22H27N3O2/c1-3-24(21(26)16(2)20(23)17-10-6-4-7-11-17)19-14-15-25(22(19)27)18-12-8-5-9-13-18/h4-13,16,19-20H,3,14-15,23H2,1-2H3. The molecule has 1 heterocycles. The second-order valence-corrected chi connectivity index (χ2v) is 6.98. The first-order valence-electron chi connectivity index (χ1n) is 9.52. The van der Waals surface area contributed by atoms with Crippen LogP contribution in [-0.4, -0.2) is 35.8 Å². The molecule has 1 aliphatic heterocycles. The molecule has 5 nitrogen and oxygen atoms in total. The van der Waals surface area contributed by atoms with Crippen molar-refractivity contribution in [1.29, 1.82) is 0 Å². The summed E-state index contributed by atoms with van der Waals surface area (Å²) in [6.45, 7) is 4.87. The number of rotatable bonds is 6. The molecular weight excluding hydrogens is 338 g/mol. The van der Waals surface area contributed by atoms with Crippen LogP contribution in [0.1, 0.15) is 31.9 Å². The van der Waals surface area contributed by atoms with Gasteiger partial charge in [-0.1, -0.05) is 55.5 Å². The molecular formula is C22H27N3O2. The average molecular weight is 365 g/mol. The van der Waals surface area contributed by atoms with Gasteiger partial charge in [-0.15, -0.1) is 0 Å². The van der Waals surface area contributed by atoms with E-state index in [9.17, 15) is 9.59 Å². The number of carbonyl (C=O) groups excluding carboxylic acids is 2. The lowest BCUT2D eigenvalue weighted by atomic mass is 9.93. The van der Waals surface area contributed by atoms with E-state index in [1.165, 1.54) is 0 Å². The number of benzene rings is 2. The minimum atomic E-state index is -0.423. The minimum Gasteiger partial charge on any atom is -0.331 e. The Balaban J connectivity index is 1.74. The van der Waals surface area contributed by atoms with Crippen molar-refractivity contribution in [2.75, 3.05) is 18.0 Å². The van der Waals surface area contributed by atoms with Gasteiger partial charge in [0.15, 0.2) is 0 Å². The number of nitrogens with two attached hydrogens (primary N) is 1. The van der Waals surface area contributed by atoms with Gasteiger partial charge < -0.3 is 15.5 Å². The quantitative estimate of drug-likeness (QED) is 0.856. The molecule has 3 unspecified atom stereocenters. The first kappa shape index (κ1) is 19.1. The van der Waals surface area contributed by atoms with Crippen LogP contribution >= 0.6 is 0 Å². The van der Waals surface area contributed by atoms with E-state index in [4.69, 9.17) is 5.73 Å². The van der Waals surface area contributed by atoms with E-state index in [2.05, 4.69) is 0 Å². The van der Waals surface area contributed by atoms with Crippen molar-refractivity contribution < 1.29 is 9.59 Å². The van der Waals surface area contributed by atoms with E-state index < -0.39 is 18.0 Å². The van der Waals surface area contributed by atoms with E-state index in [-0.39, 0.29) is 11.8 Å². The maximum absolute atomic E-state index is 13.1. The van der Waals surface area contributed by atoms with Crippen LogP contribution in [0.5, 0.6) is 0 Å². The van der Waals surface area contributed by atoms with Gasteiger partial charge in [-0.05, 0) is 31.0 Å². The number of carbonyl (C=O) groups is 2. The molecule has 2 aromatic rings. The Morgan fingerprint density at radius 3 is 2.33 bits per heavy atom. The third-order valence-corrected chi connectivity index (χ3v) is 5.36. The molecule has 2 amide bonds. The predicted molar refractivity (Wildman–Crippen MR) is 107 cm³/mol. The van der Waals surface area contributed by atoms with Crippen molar-refractivity contribution in [2.24, 2.45) is 11.7 Å². The van der Waals surface area contributed by atoms with Crippen molar-refractivity contribution in [2.45, 2.75) is 32.4 Å². The summed E-state index contributed by atoms with van der Waals surface area (Å²) in [7, 11) is 0. The highest BCUT2D eigenvalue weighted by molar-refractivity contribution is 6.01. The first-order chi connectivity index (χ1) is 13.0. The summed E-state index contributed by atoms with van der Waals surface area (Å²) in [5.41, 5.74) is 8.15. The molecule has 0 bridgehead atoms. The van der Waals surface area contributed by atoms with Crippen molar-refractivity contribution in [3.63, 3.8) is 0 Å². The Morgan fingerprint density at radius 2 is 1.74 bits per heavy atom. The second-order valence-electron chi connectivity index (χ2n) is 6.98. The molecule has 1 saturated heterocycles. The van der Waals surface area contributed by atoms with Crippen LogP contribution in [0.15, 0.2) is 60.7 Å². The van der Waals surface area contributed by atoms with Gasteiger partial charge in [0.05, 0.1) is 5.92 Å². The van der Waals surface area contributed by atoms with E-state index in [0.29, 0.717) is 19.5 Å². The predicted octanol–water partition coefficient (Wildman–Crippen LogP) is 2.98. The van der Waals surface area contributed by atoms with Gasteiger partial charge in [0.1, 0.15) is 6.04 Å². The van der Waals surface area contributed by atoms with Crippen LogP contribution in [-0.2, 0) is 9.59 Å². The number of nitrogens with zero attached hydrogens (tertiary/aromatic N) is 2. The normalized spacial score (nSPS) is 19.0. The summed E-state index contributed by atoms with van der Waals surface area (Å²) in [6.07, 6.45) is 0.639. The van der Waals surface area contributed by atoms with Crippen LogP contribution in [0.3, 0.4) is 0 Å². The highest BCUT2D eigenvalue weighted by Crippen LogP contribution is 2.27. The van der Waals surface area contributed by atoms with Crippen molar-refractivity contribution >= 4 is 17.5 Å². The molecule has 0 spiro atoms. The maximum Gasteiger partial charge on any atom is 0.249 e. The molecule has 5 heteroatoms. The zero-order valence-corrected chi connectivity index (χ0v) is 15.9. The van der Waals surface area contributed by atoms with Crippen LogP contribution in [0, 0.1) is 5.92 Å². The largest absolute Gasteiger partial charge is 0.331 e. The third kappa shape index (κ3) is 3.88. The number of amides is 2. The molecule has 0 aliphatic carbocycles. The molecule has 0 radical (unpaired) electrons. The van der Waals surface area contributed by atoms with E-state index >= 15 is 0 Å². The lowest BCUT2D eigenvalue weighted by Gasteiger charge is -2.31. The van der Waals surface area contributed by atoms with Crippen molar-refractivity contribution in [1.82, 2.24) is 4.90 Å². The van der Waals surface area contributed by atoms with Crippen molar-refractivity contribution in [3.8, 4) is 0 Å². The molecule has 27 heavy (non-hydrogen) atoms. The zero-order chi connectivity index (χ0) is 19.4. The van der Waals surface area contributed by atoms with Crippen LogP contribution in [0.25, 0.3) is 0 Å². The van der Waals surface area contributed by atoms with Gasteiger partial charge >= 0.3 is 0 Å². The molecule has 3 atom stereocenters. The fourth-order valence-corrected chi connectivity index (χ4v) is 3.73. The average Bonchev–Trinajstić information content (AvgIpc) is 3.10. The van der Waals surface area contributed by atoms with Crippen LogP contribution in [0.2, 0.25) is 0 Å². The topological polar surface area (TPSA) is 66.6 Å². The van der Waals surface area contributed by atoms with E-state index in [1.54, 1.807) is 9.80 Å². The Hall–Kier alpha value is -2.66. The minimum absolute atomic E-state index is 0.0168. The SMILES string of the molecule is CCN(C(=O)C(C)C(N)c1ccccc1)C1CCN(c2ccccc2)C1=O. The number of anilines is 1. The van der Waals surface area contributed by atoms with Gasteiger partial charge in [-0.2, -0.15) is 0 Å². The number of hydrogen-bond acceptors (Lipinski definition) is 3. The fraction of sp³-hybridized carbons (Fsp3) is 0.364. The molecule has 2 aromatic carbocycles. The smallest absolute Gasteiger partial charge is 0.249 e. The highest BCUT2D eigenvalue weighted by atomic mass is 16.2. The summed E-state index contributed by atoms with van der Waals surface area (Å²) in [5, 5.41) is 0. The maximum atomic E-state index is 13.1. The number of hydrogen-bond donors (Lipinski definition) is 1. The molecule has 0 saturated carbocycles. The fourth-order valence-electron chi connectivity index (χ4n) is 3.73. The summed E-state index contributed by atoms with van der Waals surface area (Å²) >= 11 is 0. The molecule has 142 valence electrons. The summed E-state index contributed by atoms with van der Waals surface area (Å²) in [5.74, 6) is -0.482. The van der Waals surface area contributed by atoms with Crippen molar-refractivity contribution in [3.05, 3.63) is 66.2 Å². The van der Waals surface area contributed by atoms with Gasteiger partial charge in [-0.3, -0.25) is 9.59 Å². The summed E-state index contributed by atoms with van der Waals surface area (Å²) in [6, 6.07) is 18.4. The Labute approximate surface area is 160 Å².